The number of likely N-dealkylation sites (N-methyl/N-ethyl adjacent to an activating group) is 1. The summed E-state index contributed by atoms with van der Waals surface area (Å²) in [6, 6.07) is 21.6. The van der Waals surface area contributed by atoms with Crippen LogP contribution in [-0.4, -0.2) is 70.2 Å². The number of fused-ring (bicyclic) bond motifs is 6. The van der Waals surface area contributed by atoms with Crippen molar-refractivity contribution in [3.05, 3.63) is 101 Å². The third-order valence-electron chi connectivity index (χ3n) is 12.1. The zero-order chi connectivity index (χ0) is 39.6. The molecular weight excluding hydrogens is 711 g/mol. The lowest BCUT2D eigenvalue weighted by Gasteiger charge is -2.41. The Bertz CT molecular complexity index is 2220. The number of aromatic nitrogens is 1. The van der Waals surface area contributed by atoms with Crippen molar-refractivity contribution >= 4 is 28.1 Å². The number of ether oxygens (including phenoxy) is 2. The number of phenolic OH excluding ortho intramolecular Hbond substituents is 4. The zero-order valence-electron chi connectivity index (χ0n) is 32.1. The molecular formula is C45H51N3O8. The van der Waals surface area contributed by atoms with Crippen LogP contribution in [0.15, 0.2) is 79.0 Å². The molecule has 2 aliphatic rings. The molecule has 5 aromatic rings. The van der Waals surface area contributed by atoms with E-state index in [1.165, 1.54) is 20.3 Å². The van der Waals surface area contributed by atoms with Crippen molar-refractivity contribution < 1.29 is 39.8 Å². The van der Waals surface area contributed by atoms with Crippen LogP contribution in [0.2, 0.25) is 0 Å². The van der Waals surface area contributed by atoms with Crippen molar-refractivity contribution in [3.8, 4) is 34.5 Å². The van der Waals surface area contributed by atoms with Crippen LogP contribution in [0.3, 0.4) is 0 Å². The second kappa shape index (κ2) is 16.3. The summed E-state index contributed by atoms with van der Waals surface area (Å²) >= 11 is 0. The number of Topliss-reactive ketones (excluding diaryl/α,β-unsaturated/α-hetero) is 1. The molecule has 2 bridgehead atoms. The van der Waals surface area contributed by atoms with E-state index in [1.807, 2.05) is 37.4 Å². The Hall–Kier alpha value is -5.52. The highest BCUT2D eigenvalue weighted by molar-refractivity contribution is 5.93. The van der Waals surface area contributed by atoms with Gasteiger partial charge in [-0.2, -0.15) is 0 Å². The van der Waals surface area contributed by atoms with Gasteiger partial charge in [0, 0.05) is 30.3 Å². The van der Waals surface area contributed by atoms with Crippen molar-refractivity contribution in [1.29, 1.82) is 0 Å². The minimum Gasteiger partial charge on any atom is -0.508 e. The minimum atomic E-state index is -1.01. The summed E-state index contributed by atoms with van der Waals surface area (Å²) in [6.07, 6.45) is 5.23. The van der Waals surface area contributed by atoms with E-state index in [-0.39, 0.29) is 46.9 Å². The molecule has 4 aromatic carbocycles. The zero-order valence-corrected chi connectivity index (χ0v) is 32.1. The van der Waals surface area contributed by atoms with Gasteiger partial charge in [0.05, 0.1) is 26.2 Å². The Kier molecular flexibility index (Phi) is 11.3. The van der Waals surface area contributed by atoms with Gasteiger partial charge in [-0.3, -0.25) is 4.79 Å². The fourth-order valence-corrected chi connectivity index (χ4v) is 9.48. The number of anilines is 2. The lowest BCUT2D eigenvalue weighted by molar-refractivity contribution is -0.130. The fourth-order valence-electron chi connectivity index (χ4n) is 9.48. The van der Waals surface area contributed by atoms with Gasteiger partial charge in [0.25, 0.3) is 0 Å². The van der Waals surface area contributed by atoms with Gasteiger partial charge in [0.15, 0.2) is 23.0 Å². The predicted molar refractivity (Wildman–Crippen MR) is 216 cm³/mol. The number of rotatable bonds is 9. The van der Waals surface area contributed by atoms with Gasteiger partial charge in [-0.15, -0.1) is 0 Å². The number of aromatic hydroxyl groups is 4. The molecule has 2 heterocycles. The monoisotopic (exact) mass is 761 g/mol. The van der Waals surface area contributed by atoms with E-state index in [2.05, 4.69) is 10.6 Å². The Morgan fingerprint density at radius 2 is 1.70 bits per heavy atom. The van der Waals surface area contributed by atoms with Crippen molar-refractivity contribution in [2.24, 2.45) is 5.92 Å². The highest BCUT2D eigenvalue weighted by Crippen LogP contribution is 2.52. The van der Waals surface area contributed by atoms with Crippen LogP contribution < -0.4 is 20.1 Å². The molecule has 11 nitrogen and oxygen atoms in total. The molecule has 0 unspecified atom stereocenters. The summed E-state index contributed by atoms with van der Waals surface area (Å²) < 4.78 is 10.8. The van der Waals surface area contributed by atoms with E-state index in [0.717, 1.165) is 46.0 Å². The van der Waals surface area contributed by atoms with Crippen LogP contribution in [0, 0.1) is 5.92 Å². The standard InChI is InChI=1S/C45H51N3O8/c1-46-25-30-19-28(29-22-38(53)44(54)40(23-29)56-3)21-37(52)43(36(51)13-7-26-6-12-35(50)39(18-26)55-2)45(15-4-5-16-45)31-14-17-47-41(24-31)48-34-11-8-27-20-32(49)9-10-33(27)42(30)34/h6,8-12,14,17-18,20,22-24,28,30,36,43,46,49-51,53-54H,4-5,7,13,15-16,19,21,25H2,1-3H3,(H,47,48)/t28-,30+,36-,43-/m1/s1. The Morgan fingerprint density at radius 1 is 0.911 bits per heavy atom. The minimum absolute atomic E-state index is 0.0297. The third kappa shape index (κ3) is 7.53. The van der Waals surface area contributed by atoms with Crippen LogP contribution in [0.4, 0.5) is 11.5 Å². The first-order valence-electron chi connectivity index (χ1n) is 19.4. The largest absolute Gasteiger partial charge is 0.508 e. The summed E-state index contributed by atoms with van der Waals surface area (Å²) in [7, 11) is 4.79. The average molecular weight is 762 g/mol. The number of hydrogen-bond acceptors (Lipinski definition) is 11. The molecule has 0 saturated heterocycles. The molecule has 0 radical (unpaired) electrons. The first-order chi connectivity index (χ1) is 27.0. The topological polar surface area (TPSA) is 174 Å². The van der Waals surface area contributed by atoms with Gasteiger partial charge in [0.2, 0.25) is 5.75 Å². The highest BCUT2D eigenvalue weighted by Gasteiger charge is 2.49. The molecule has 1 aliphatic carbocycles. The number of aliphatic hydroxyl groups excluding tert-OH is 1. The predicted octanol–water partition coefficient (Wildman–Crippen LogP) is 7.69. The number of ketones is 1. The van der Waals surface area contributed by atoms with E-state index < -0.39 is 23.4 Å². The van der Waals surface area contributed by atoms with Crippen LogP contribution in [0.1, 0.15) is 79.0 Å². The van der Waals surface area contributed by atoms with Crippen LogP contribution in [-0.2, 0) is 16.6 Å². The molecule has 11 heteroatoms. The van der Waals surface area contributed by atoms with Crippen molar-refractivity contribution in [1.82, 2.24) is 10.3 Å². The van der Waals surface area contributed by atoms with Crippen LogP contribution in [0.5, 0.6) is 34.5 Å². The van der Waals surface area contributed by atoms with Crippen molar-refractivity contribution in [2.75, 3.05) is 33.1 Å². The lowest BCUT2D eigenvalue weighted by Crippen LogP contribution is -2.45. The first-order valence-corrected chi connectivity index (χ1v) is 19.4. The normalized spacial score (nSPS) is 20.0. The summed E-state index contributed by atoms with van der Waals surface area (Å²) in [4.78, 5) is 20.1. The van der Waals surface area contributed by atoms with E-state index >= 15 is 4.79 Å². The number of benzene rings is 4. The Balaban J connectivity index is 1.40. The molecule has 1 fully saturated rings. The summed E-state index contributed by atoms with van der Waals surface area (Å²) in [6.45, 7) is 0.528. The smallest absolute Gasteiger partial charge is 0.200 e. The van der Waals surface area contributed by atoms with E-state index in [9.17, 15) is 25.5 Å². The van der Waals surface area contributed by atoms with Gasteiger partial charge in [-0.1, -0.05) is 31.0 Å². The van der Waals surface area contributed by atoms with Crippen molar-refractivity contribution in [3.63, 3.8) is 0 Å². The number of nitrogens with zero attached hydrogens (tertiary/aromatic N) is 1. The quantitative estimate of drug-likeness (QED) is 0.0734. The Labute approximate surface area is 327 Å². The number of aliphatic hydroxyl groups is 1. The van der Waals surface area contributed by atoms with Gasteiger partial charge in [-0.05, 0) is 139 Å². The molecule has 1 spiro atoms. The second-order valence-corrected chi connectivity index (χ2v) is 15.4. The summed E-state index contributed by atoms with van der Waals surface area (Å²) in [5, 5.41) is 63.4. The fraction of sp³-hybridized carbons (Fsp3) is 0.378. The second-order valence-electron chi connectivity index (χ2n) is 15.4. The maximum absolute atomic E-state index is 15.4. The van der Waals surface area contributed by atoms with Gasteiger partial charge < -0.3 is 45.6 Å². The van der Waals surface area contributed by atoms with Crippen LogP contribution in [0.25, 0.3) is 10.8 Å². The Morgan fingerprint density at radius 3 is 2.45 bits per heavy atom. The third-order valence-corrected chi connectivity index (χ3v) is 12.1. The number of carbonyl (C=O) groups excluding carboxylic acids is 1. The number of carbonyl (C=O) groups is 1. The molecule has 1 aliphatic heterocycles. The van der Waals surface area contributed by atoms with E-state index in [1.54, 1.807) is 42.6 Å². The molecule has 0 amide bonds. The summed E-state index contributed by atoms with van der Waals surface area (Å²) in [5.41, 5.74) is 3.57. The SMILES string of the molecule is CNC[C@@H]1C[C@@H](c2cc(O)c(O)c(OC)c2)CC(=O)[C@@H]([C@H](O)CCc2ccc(O)c(OC)c2)C2(CCCC2)c2ccnc(c2)Nc2ccc3cc(O)ccc3c21. The van der Waals surface area contributed by atoms with Crippen LogP contribution >= 0.6 is 0 Å². The number of nitrogens with one attached hydrogen (secondary N) is 2. The van der Waals surface area contributed by atoms with Gasteiger partial charge in [0.1, 0.15) is 17.4 Å². The molecule has 56 heavy (non-hydrogen) atoms. The van der Waals surface area contributed by atoms with E-state index in [4.69, 9.17) is 14.5 Å². The first kappa shape index (κ1) is 38.7. The number of aryl methyl sites for hydroxylation is 1. The highest BCUT2D eigenvalue weighted by atomic mass is 16.5. The molecule has 1 saturated carbocycles. The number of methoxy groups -OCH3 is 2. The van der Waals surface area contributed by atoms with Crippen molar-refractivity contribution in [2.45, 2.75) is 74.7 Å². The molecule has 7 rings (SSSR count). The number of phenols is 4. The molecule has 1 aromatic heterocycles. The number of hydrogen-bond donors (Lipinski definition) is 7. The maximum atomic E-state index is 15.4. The lowest BCUT2D eigenvalue weighted by atomic mass is 9.63. The van der Waals surface area contributed by atoms with Gasteiger partial charge in [-0.25, -0.2) is 4.98 Å². The average Bonchev–Trinajstić information content (AvgIpc) is 3.68. The molecule has 294 valence electrons. The number of pyridine rings is 1. The van der Waals surface area contributed by atoms with Gasteiger partial charge >= 0.3 is 0 Å². The molecule has 4 atom stereocenters. The van der Waals surface area contributed by atoms with E-state index in [0.29, 0.717) is 55.8 Å². The summed E-state index contributed by atoms with van der Waals surface area (Å²) in [5.74, 6) is -1.02. The molecule has 7 N–H and O–H groups in total. The maximum Gasteiger partial charge on any atom is 0.200 e.